The summed E-state index contributed by atoms with van der Waals surface area (Å²) in [6.45, 7) is 10.5. The quantitative estimate of drug-likeness (QED) is 0.434. The molecule has 3 aliphatic rings. The van der Waals surface area contributed by atoms with Gasteiger partial charge in [-0.15, -0.1) is 0 Å². The van der Waals surface area contributed by atoms with E-state index in [1.165, 1.54) is 0 Å². The van der Waals surface area contributed by atoms with Crippen molar-refractivity contribution in [2.24, 2.45) is 0 Å². The van der Waals surface area contributed by atoms with Crippen molar-refractivity contribution >= 4 is 5.97 Å². The van der Waals surface area contributed by atoms with Crippen molar-refractivity contribution in [1.82, 2.24) is 0 Å². The highest BCUT2D eigenvalue weighted by Gasteiger charge is 2.58. The van der Waals surface area contributed by atoms with Crippen LogP contribution in [0.1, 0.15) is 73.1 Å². The molecule has 0 unspecified atom stereocenters. The highest BCUT2D eigenvalue weighted by Crippen LogP contribution is 2.43. The number of fused-ring (bicyclic) bond motifs is 1. The maximum Gasteiger partial charge on any atom is 0.305 e. The molecule has 0 aromatic carbocycles. The lowest BCUT2D eigenvalue weighted by molar-refractivity contribution is -0.206. The number of ether oxygens (including phenoxy) is 6. The molecule has 0 saturated carbocycles. The first-order valence-electron chi connectivity index (χ1n) is 10.7. The van der Waals surface area contributed by atoms with E-state index < -0.39 is 11.6 Å². The number of carbonyl (C=O) groups excluding carboxylic acids is 1. The van der Waals surface area contributed by atoms with Crippen LogP contribution in [0.25, 0.3) is 0 Å². The zero-order chi connectivity index (χ0) is 20.4. The molecule has 0 amide bonds. The molecule has 0 bridgehead atoms. The van der Waals surface area contributed by atoms with Gasteiger partial charge in [0.15, 0.2) is 11.6 Å². The van der Waals surface area contributed by atoms with Crippen LogP contribution in [0, 0.1) is 0 Å². The Morgan fingerprint density at radius 2 is 1.64 bits per heavy atom. The van der Waals surface area contributed by atoms with Gasteiger partial charge in [-0.05, 0) is 47.5 Å². The van der Waals surface area contributed by atoms with Crippen molar-refractivity contribution in [3.8, 4) is 0 Å². The van der Waals surface area contributed by atoms with Gasteiger partial charge in [0.05, 0.1) is 19.3 Å². The summed E-state index contributed by atoms with van der Waals surface area (Å²) in [6.07, 6.45) is 4.84. The van der Waals surface area contributed by atoms with E-state index in [4.69, 9.17) is 28.4 Å². The van der Waals surface area contributed by atoms with Gasteiger partial charge in [0, 0.05) is 6.42 Å². The van der Waals surface area contributed by atoms with E-state index in [9.17, 15) is 4.79 Å². The predicted octanol–water partition coefficient (Wildman–Crippen LogP) is 3.33. The molecule has 7 nitrogen and oxygen atoms in total. The predicted molar refractivity (Wildman–Crippen MR) is 102 cm³/mol. The Morgan fingerprint density at radius 3 is 2.32 bits per heavy atom. The van der Waals surface area contributed by atoms with Gasteiger partial charge in [-0.3, -0.25) is 4.79 Å². The first kappa shape index (κ1) is 22.0. The van der Waals surface area contributed by atoms with Crippen molar-refractivity contribution in [1.29, 1.82) is 0 Å². The summed E-state index contributed by atoms with van der Waals surface area (Å²) < 4.78 is 35.4. The minimum Gasteiger partial charge on any atom is -0.466 e. The highest BCUT2D eigenvalue weighted by molar-refractivity contribution is 5.69. The Hall–Kier alpha value is -0.730. The molecular weight excluding hydrogens is 364 g/mol. The molecule has 0 aliphatic carbocycles. The van der Waals surface area contributed by atoms with Crippen molar-refractivity contribution in [3.63, 3.8) is 0 Å². The standard InChI is InChI=1S/C21H36O7/c1-6-23-16(22)12-10-8-7-9-11-14-18-19(28-21(4,5)27-18)17(25-14)15-13-24-20(2,3)26-15/h14-15,17-19H,6-13H2,1-5H3/t14-,15-,17-,18-,19+/m1/s1. The largest absolute Gasteiger partial charge is 0.466 e. The van der Waals surface area contributed by atoms with Crippen LogP contribution in [-0.4, -0.2) is 61.3 Å². The second-order valence-electron chi connectivity index (χ2n) is 8.83. The van der Waals surface area contributed by atoms with Crippen molar-refractivity contribution in [2.45, 2.75) is 115 Å². The van der Waals surface area contributed by atoms with E-state index in [0.717, 1.165) is 32.1 Å². The number of esters is 1. The van der Waals surface area contributed by atoms with Crippen LogP contribution in [0.2, 0.25) is 0 Å². The molecule has 0 spiro atoms. The van der Waals surface area contributed by atoms with E-state index in [1.807, 2.05) is 34.6 Å². The molecule has 7 heteroatoms. The van der Waals surface area contributed by atoms with Crippen LogP contribution in [0.4, 0.5) is 0 Å². The lowest BCUT2D eigenvalue weighted by Crippen LogP contribution is -2.40. The second kappa shape index (κ2) is 8.96. The highest BCUT2D eigenvalue weighted by atomic mass is 16.8. The maximum atomic E-state index is 11.4. The number of rotatable bonds is 9. The minimum absolute atomic E-state index is 0.00542. The van der Waals surface area contributed by atoms with Crippen molar-refractivity contribution in [3.05, 3.63) is 0 Å². The third-order valence-corrected chi connectivity index (χ3v) is 5.51. The number of hydrogen-bond acceptors (Lipinski definition) is 7. The molecule has 3 saturated heterocycles. The van der Waals surface area contributed by atoms with E-state index in [0.29, 0.717) is 19.6 Å². The fourth-order valence-electron chi connectivity index (χ4n) is 4.33. The third kappa shape index (κ3) is 5.45. The van der Waals surface area contributed by atoms with Crippen LogP contribution >= 0.6 is 0 Å². The van der Waals surface area contributed by atoms with Crippen LogP contribution in [0.3, 0.4) is 0 Å². The molecule has 0 radical (unpaired) electrons. The average Bonchev–Trinajstić information content (AvgIpc) is 3.21. The molecule has 0 aromatic heterocycles. The Morgan fingerprint density at radius 1 is 0.929 bits per heavy atom. The monoisotopic (exact) mass is 400 g/mol. The molecule has 5 atom stereocenters. The number of carbonyl (C=O) groups is 1. The van der Waals surface area contributed by atoms with E-state index in [-0.39, 0.29) is 36.5 Å². The second-order valence-corrected chi connectivity index (χ2v) is 8.83. The van der Waals surface area contributed by atoms with E-state index >= 15 is 0 Å². The van der Waals surface area contributed by atoms with Gasteiger partial charge in [0.25, 0.3) is 0 Å². The van der Waals surface area contributed by atoms with Gasteiger partial charge in [0.2, 0.25) is 0 Å². The Bertz CT molecular complexity index is 533. The van der Waals surface area contributed by atoms with Gasteiger partial charge >= 0.3 is 5.97 Å². The fraction of sp³-hybridized carbons (Fsp3) is 0.952. The third-order valence-electron chi connectivity index (χ3n) is 5.51. The summed E-state index contributed by atoms with van der Waals surface area (Å²) >= 11 is 0. The van der Waals surface area contributed by atoms with Crippen LogP contribution < -0.4 is 0 Å². The lowest BCUT2D eigenvalue weighted by atomic mass is 10.0. The smallest absolute Gasteiger partial charge is 0.305 e. The zero-order valence-corrected chi connectivity index (χ0v) is 17.9. The normalized spacial score (nSPS) is 35.8. The number of hydrogen-bond donors (Lipinski definition) is 0. The Kier molecular flexibility index (Phi) is 7.03. The minimum atomic E-state index is -0.607. The lowest BCUT2D eigenvalue weighted by Gasteiger charge is -2.27. The molecule has 3 rings (SSSR count). The Labute approximate surface area is 168 Å². The average molecular weight is 401 g/mol. The fourth-order valence-corrected chi connectivity index (χ4v) is 4.33. The van der Waals surface area contributed by atoms with E-state index in [2.05, 4.69) is 0 Å². The molecule has 162 valence electrons. The summed E-state index contributed by atoms with van der Waals surface area (Å²) in [5.74, 6) is -1.30. The van der Waals surface area contributed by atoms with E-state index in [1.54, 1.807) is 0 Å². The van der Waals surface area contributed by atoms with Gasteiger partial charge < -0.3 is 28.4 Å². The Balaban J connectivity index is 1.46. The first-order chi connectivity index (χ1) is 13.2. The molecule has 0 N–H and O–H groups in total. The molecule has 0 aromatic rings. The van der Waals surface area contributed by atoms with Gasteiger partial charge in [-0.1, -0.05) is 19.3 Å². The molecule has 3 fully saturated rings. The van der Waals surface area contributed by atoms with Crippen molar-refractivity contribution in [2.75, 3.05) is 13.2 Å². The van der Waals surface area contributed by atoms with Crippen LogP contribution in [0.5, 0.6) is 0 Å². The summed E-state index contributed by atoms with van der Waals surface area (Å²) in [5.41, 5.74) is 0. The maximum absolute atomic E-state index is 11.4. The van der Waals surface area contributed by atoms with Gasteiger partial charge in [-0.2, -0.15) is 0 Å². The summed E-state index contributed by atoms with van der Waals surface area (Å²) in [5, 5.41) is 0. The molecule has 3 heterocycles. The first-order valence-corrected chi connectivity index (χ1v) is 10.7. The van der Waals surface area contributed by atoms with Crippen molar-refractivity contribution < 1.29 is 33.2 Å². The zero-order valence-electron chi connectivity index (χ0n) is 17.9. The molecular formula is C21H36O7. The van der Waals surface area contributed by atoms with Gasteiger partial charge in [0.1, 0.15) is 24.4 Å². The van der Waals surface area contributed by atoms with Gasteiger partial charge in [-0.25, -0.2) is 0 Å². The summed E-state index contributed by atoms with van der Waals surface area (Å²) in [7, 11) is 0. The SMILES string of the molecule is CCOC(=O)CCCCCC[C@H]1O[C@H]([C@H]2COC(C)(C)O2)[C@@H]2OC(C)(C)O[C@@H]21. The molecule has 28 heavy (non-hydrogen) atoms. The summed E-state index contributed by atoms with van der Waals surface area (Å²) in [4.78, 5) is 11.4. The topological polar surface area (TPSA) is 72.5 Å². The number of unbranched alkanes of at least 4 members (excludes halogenated alkanes) is 3. The van der Waals surface area contributed by atoms with Crippen LogP contribution in [0.15, 0.2) is 0 Å². The summed E-state index contributed by atoms with van der Waals surface area (Å²) in [6, 6.07) is 0. The van der Waals surface area contributed by atoms with Crippen LogP contribution in [-0.2, 0) is 33.2 Å². The molecule has 3 aliphatic heterocycles.